The molecule has 0 saturated heterocycles. The van der Waals surface area contributed by atoms with E-state index in [9.17, 15) is 0 Å². The van der Waals surface area contributed by atoms with Crippen molar-refractivity contribution in [2.75, 3.05) is 0 Å². The van der Waals surface area contributed by atoms with Gasteiger partial charge in [0.2, 0.25) is 0 Å². The molecule has 4 rings (SSSR count). The second-order valence-corrected chi connectivity index (χ2v) is 9.32. The zero-order chi connectivity index (χ0) is 22.0. The van der Waals surface area contributed by atoms with Crippen LogP contribution in [0.1, 0.15) is 90.2 Å². The largest absolute Gasteiger partial charge is 4.00 e. The molecule has 0 aliphatic heterocycles. The maximum Gasteiger partial charge on any atom is 4.00 e. The summed E-state index contributed by atoms with van der Waals surface area (Å²) in [6, 6.07) is 19.6. The summed E-state index contributed by atoms with van der Waals surface area (Å²) in [5.41, 5.74) is 9.67. The Morgan fingerprint density at radius 3 is 2.15 bits per heavy atom. The van der Waals surface area contributed by atoms with Gasteiger partial charge >= 0.3 is 26.2 Å². The molecule has 3 heteroatoms. The number of aryl methyl sites for hydroxylation is 3. The molecule has 0 N–H and O–H groups in total. The summed E-state index contributed by atoms with van der Waals surface area (Å²) in [6.45, 7) is 11.0. The maximum atomic E-state index is 5.38. The first-order chi connectivity index (χ1) is 14.9. The third kappa shape index (κ3) is 6.69. The molecule has 34 heavy (non-hydrogen) atoms. The molecule has 178 valence electrons. The van der Waals surface area contributed by atoms with E-state index in [1.807, 2.05) is 0 Å². The van der Waals surface area contributed by atoms with Crippen molar-refractivity contribution in [1.29, 1.82) is 0 Å². The molecule has 1 saturated carbocycles. The minimum absolute atomic E-state index is 0. The van der Waals surface area contributed by atoms with Crippen LogP contribution < -0.4 is 0 Å². The van der Waals surface area contributed by atoms with Crippen molar-refractivity contribution < 1.29 is 26.2 Å². The Kier molecular flexibility index (Phi) is 11.9. The minimum atomic E-state index is -0.111. The summed E-state index contributed by atoms with van der Waals surface area (Å²) in [4.78, 5) is 5.18. The SMILES string of the molecule is Cc1cc(C)c([N-]C(c2cccc(C3[CH-]CCC3)n2)c2ccccc2C(C)C)c(C)c1.[CH3-].[CH3-].[Zr+4]. The Morgan fingerprint density at radius 2 is 1.56 bits per heavy atom. The van der Waals surface area contributed by atoms with E-state index in [2.05, 4.69) is 95.6 Å². The molecule has 2 unspecified atom stereocenters. The van der Waals surface area contributed by atoms with Crippen molar-refractivity contribution in [3.8, 4) is 0 Å². The third-order valence-corrected chi connectivity index (χ3v) is 6.43. The third-order valence-electron chi connectivity index (χ3n) is 6.43. The first-order valence-electron chi connectivity index (χ1n) is 11.6. The summed E-state index contributed by atoms with van der Waals surface area (Å²) in [6.07, 6.45) is 6.09. The summed E-state index contributed by atoms with van der Waals surface area (Å²) in [5.74, 6) is 0.907. The van der Waals surface area contributed by atoms with Crippen molar-refractivity contribution in [3.63, 3.8) is 0 Å². The van der Waals surface area contributed by atoms with Gasteiger partial charge in [0, 0.05) is 11.4 Å². The van der Waals surface area contributed by atoms with Crippen LogP contribution >= 0.6 is 0 Å². The van der Waals surface area contributed by atoms with E-state index >= 15 is 0 Å². The number of rotatable bonds is 6. The standard InChI is InChI=1S/C29H34N2.2CH3.Zr/c1-19(2)24-13-8-9-14-25(24)29(31-28-21(4)17-20(3)18-22(28)5)27-16-10-15-26(30-27)23-11-6-7-12-23;;;/h8-11,13-19,23,29H,6-7,12H2,1-5H3;2*1H3;/q-2;2*-1;+4. The molecule has 0 amide bonds. The van der Waals surface area contributed by atoms with Crippen LogP contribution in [-0.4, -0.2) is 4.98 Å². The van der Waals surface area contributed by atoms with Crippen LogP contribution in [0.5, 0.6) is 0 Å². The Hall–Kier alpha value is -1.73. The summed E-state index contributed by atoms with van der Waals surface area (Å²) >= 11 is 0. The van der Waals surface area contributed by atoms with Gasteiger partial charge in [-0.3, -0.25) is 4.98 Å². The Bertz CT molecular complexity index is 1030. The van der Waals surface area contributed by atoms with Crippen LogP contribution in [0, 0.1) is 42.0 Å². The van der Waals surface area contributed by atoms with E-state index < -0.39 is 0 Å². The Balaban J connectivity index is 0.00000193. The van der Waals surface area contributed by atoms with Crippen molar-refractivity contribution in [2.45, 2.75) is 71.8 Å². The summed E-state index contributed by atoms with van der Waals surface area (Å²) in [5, 5.41) is 5.38. The van der Waals surface area contributed by atoms with Crippen LogP contribution in [0.15, 0.2) is 54.6 Å². The van der Waals surface area contributed by atoms with Crippen LogP contribution in [-0.2, 0) is 26.2 Å². The molecule has 0 radical (unpaired) electrons. The smallest absolute Gasteiger partial charge is 0.673 e. The van der Waals surface area contributed by atoms with E-state index in [0.29, 0.717) is 11.8 Å². The number of pyridine rings is 1. The predicted octanol–water partition coefficient (Wildman–Crippen LogP) is 9.29. The van der Waals surface area contributed by atoms with Crippen molar-refractivity contribution in [3.05, 3.63) is 120 Å². The fraction of sp³-hybridized carbons (Fsp3) is 0.355. The van der Waals surface area contributed by atoms with Gasteiger partial charge in [0.15, 0.2) is 0 Å². The van der Waals surface area contributed by atoms with Gasteiger partial charge in [0.25, 0.3) is 0 Å². The Labute approximate surface area is 228 Å². The molecule has 1 aromatic heterocycles. The van der Waals surface area contributed by atoms with Gasteiger partial charge in [-0.25, -0.2) is 0 Å². The topological polar surface area (TPSA) is 27.0 Å². The van der Waals surface area contributed by atoms with Crippen LogP contribution in [0.2, 0.25) is 0 Å². The first-order valence-corrected chi connectivity index (χ1v) is 11.6. The first kappa shape index (κ1) is 30.3. The normalized spacial score (nSPS) is 15.6. The van der Waals surface area contributed by atoms with Gasteiger partial charge in [-0.1, -0.05) is 91.4 Å². The van der Waals surface area contributed by atoms with Gasteiger partial charge in [-0.05, 0) is 50.4 Å². The van der Waals surface area contributed by atoms with Crippen LogP contribution in [0.4, 0.5) is 5.69 Å². The molecule has 2 aromatic carbocycles. The number of hydrogen-bond acceptors (Lipinski definition) is 1. The average Bonchev–Trinajstić information content (AvgIpc) is 3.28. The van der Waals surface area contributed by atoms with E-state index in [-0.39, 0.29) is 47.1 Å². The van der Waals surface area contributed by atoms with Crippen molar-refractivity contribution >= 4 is 5.69 Å². The van der Waals surface area contributed by atoms with Gasteiger partial charge in [0.05, 0.1) is 0 Å². The second kappa shape index (κ2) is 13.4. The molecule has 3 aromatic rings. The number of nitrogens with zero attached hydrogens (tertiary/aromatic N) is 2. The quantitative estimate of drug-likeness (QED) is 0.291. The molecule has 1 aliphatic rings. The van der Waals surface area contributed by atoms with E-state index in [1.54, 1.807) is 0 Å². The predicted molar refractivity (Wildman–Crippen MR) is 144 cm³/mol. The molecule has 1 heterocycles. The minimum Gasteiger partial charge on any atom is -0.673 e. The van der Waals surface area contributed by atoms with Crippen molar-refractivity contribution in [2.24, 2.45) is 0 Å². The van der Waals surface area contributed by atoms with Gasteiger partial charge in [-0.15, -0.1) is 11.6 Å². The summed E-state index contributed by atoms with van der Waals surface area (Å²) in [7, 11) is 0. The monoisotopic (exact) mass is 530 g/mol. The number of benzene rings is 2. The number of aromatic nitrogens is 1. The molecule has 1 aliphatic carbocycles. The fourth-order valence-electron chi connectivity index (χ4n) is 4.96. The molecular weight excluding hydrogens is 492 g/mol. The summed E-state index contributed by atoms with van der Waals surface area (Å²) < 4.78 is 0. The molecular formula is C31H40N2Zr. The van der Waals surface area contributed by atoms with Gasteiger partial charge in [-0.2, -0.15) is 6.42 Å². The van der Waals surface area contributed by atoms with E-state index in [1.165, 1.54) is 52.8 Å². The fourth-order valence-corrected chi connectivity index (χ4v) is 4.96. The maximum absolute atomic E-state index is 5.38. The van der Waals surface area contributed by atoms with E-state index in [0.717, 1.165) is 11.4 Å². The molecule has 0 spiro atoms. The van der Waals surface area contributed by atoms with E-state index in [4.69, 9.17) is 10.3 Å². The molecule has 0 bridgehead atoms. The Morgan fingerprint density at radius 1 is 0.912 bits per heavy atom. The molecule has 1 fully saturated rings. The second-order valence-electron chi connectivity index (χ2n) is 9.32. The molecule has 2 atom stereocenters. The number of hydrogen-bond donors (Lipinski definition) is 0. The zero-order valence-electron chi connectivity index (χ0n) is 22.0. The van der Waals surface area contributed by atoms with Crippen molar-refractivity contribution in [1.82, 2.24) is 4.98 Å². The zero-order valence-corrected chi connectivity index (χ0v) is 24.5. The van der Waals surface area contributed by atoms with Gasteiger partial charge < -0.3 is 26.6 Å². The average molecular weight is 532 g/mol. The van der Waals surface area contributed by atoms with Crippen LogP contribution in [0.3, 0.4) is 0 Å². The molecule has 2 nitrogen and oxygen atoms in total. The van der Waals surface area contributed by atoms with Gasteiger partial charge in [0.1, 0.15) is 0 Å². The van der Waals surface area contributed by atoms with Crippen LogP contribution in [0.25, 0.3) is 5.32 Å².